The van der Waals surface area contributed by atoms with E-state index in [1.54, 1.807) is 84.6 Å². The maximum absolute atomic E-state index is 15.6. The molecule has 9 heterocycles. The fourth-order valence-electron chi connectivity index (χ4n) is 11.9. The van der Waals surface area contributed by atoms with Crippen molar-refractivity contribution < 1.29 is 71.6 Å². The number of aromatic nitrogens is 12. The molecule has 0 amide bonds. The minimum atomic E-state index is -4.70. The number of ether oxygens (including phenoxy) is 4. The number of nitrogens with zero attached hydrogens (tertiary/aromatic N) is 12. The van der Waals surface area contributed by atoms with Gasteiger partial charge in [0.1, 0.15) is 85.8 Å². The lowest BCUT2D eigenvalue weighted by atomic mass is 9.91. The number of rotatable bonds is 17. The highest BCUT2D eigenvalue weighted by Crippen LogP contribution is 2.49. The molecule has 0 bridgehead atoms. The number of halogens is 15. The third-order valence-electron chi connectivity index (χ3n) is 16.9. The fraction of sp³-hybridized carbons (Fsp3) is 0.282. The predicted molar refractivity (Wildman–Crippen MR) is 373 cm³/mol. The Balaban J connectivity index is 0.000000169. The minimum Gasteiger partial charge on any atom is -0.493 e. The van der Waals surface area contributed by atoms with Crippen LogP contribution in [0.4, 0.5) is 70.1 Å². The van der Waals surface area contributed by atoms with Crippen molar-refractivity contribution in [3.63, 3.8) is 0 Å². The van der Waals surface area contributed by atoms with Gasteiger partial charge in [-0.1, -0.05) is 74.6 Å². The molecule has 3 aromatic carbocycles. The van der Waals surface area contributed by atoms with Gasteiger partial charge < -0.3 is 36.1 Å². The van der Waals surface area contributed by atoms with Crippen molar-refractivity contribution in [2.45, 2.75) is 105 Å². The Bertz CT molecular complexity index is 5230. The first kappa shape index (κ1) is 77.2. The van der Waals surface area contributed by atoms with Crippen molar-refractivity contribution in [1.82, 2.24) is 58.1 Å². The summed E-state index contributed by atoms with van der Waals surface area (Å²) in [7, 11) is 1.17. The normalized spacial score (nSPS) is 12.8. The summed E-state index contributed by atoms with van der Waals surface area (Å²) in [6, 6.07) is 10.8. The van der Waals surface area contributed by atoms with Gasteiger partial charge in [0.25, 0.3) is 0 Å². The second-order valence-corrected chi connectivity index (χ2v) is 24.8. The molecule has 3 atom stereocenters. The highest BCUT2D eigenvalue weighted by molar-refractivity contribution is 6.34. The number of hydrogen-bond donors (Lipinski definition) is 3. The third-order valence-corrected chi connectivity index (χ3v) is 17.7. The average molecular weight is 1530 g/mol. The van der Waals surface area contributed by atoms with E-state index >= 15 is 13.2 Å². The van der Waals surface area contributed by atoms with Gasteiger partial charge in [0.2, 0.25) is 5.88 Å². The Morgan fingerprint density at radius 1 is 0.457 bits per heavy atom. The van der Waals surface area contributed by atoms with Crippen LogP contribution in [0.25, 0.3) is 49.9 Å². The second kappa shape index (κ2) is 30.7. The smallest absolute Gasteiger partial charge is 0.433 e. The van der Waals surface area contributed by atoms with E-state index in [0.29, 0.717) is 62.7 Å². The van der Waals surface area contributed by atoms with Crippen LogP contribution in [-0.4, -0.2) is 85.0 Å². The number of nitrogens with two attached hydrogens (primary N) is 3. The van der Waals surface area contributed by atoms with Gasteiger partial charge in [0, 0.05) is 95.1 Å². The molecule has 0 aliphatic rings. The van der Waals surface area contributed by atoms with Crippen LogP contribution in [0.1, 0.15) is 134 Å². The summed E-state index contributed by atoms with van der Waals surface area (Å²) in [5, 5.41) is 0.476. The van der Waals surface area contributed by atoms with Crippen LogP contribution in [0.3, 0.4) is 0 Å². The van der Waals surface area contributed by atoms with Crippen molar-refractivity contribution in [3.05, 3.63) is 205 Å². The Morgan fingerprint density at radius 2 is 0.790 bits per heavy atom. The molecule has 12 rings (SSSR count). The number of nitrogen functional groups attached to an aromatic ring is 3. The summed E-state index contributed by atoms with van der Waals surface area (Å²) in [5.41, 5.74) is 18.8. The average Bonchev–Trinajstić information content (AvgIpc) is 1.75. The van der Waals surface area contributed by atoms with Crippen LogP contribution in [0.2, 0.25) is 15.5 Å². The molecule has 9 aromatic heterocycles. The van der Waals surface area contributed by atoms with Crippen molar-refractivity contribution in [1.29, 1.82) is 0 Å². The number of benzene rings is 3. The summed E-state index contributed by atoms with van der Waals surface area (Å²) < 4.78 is 192. The number of alkyl halides is 9. The molecule has 105 heavy (non-hydrogen) atoms. The number of aryl methyl sites for hydroxylation is 3. The number of anilines is 3. The molecule has 6 N–H and O–H groups in total. The second-order valence-electron chi connectivity index (χ2n) is 23.8. The first-order valence-electron chi connectivity index (χ1n) is 32.0. The summed E-state index contributed by atoms with van der Waals surface area (Å²) >= 11 is 19.0. The molecular formula is C71H64Cl3F12N15O4. The number of methoxy groups -OCH3 is 1. The molecular weight excluding hydrogens is 1460 g/mol. The lowest BCUT2D eigenvalue weighted by Gasteiger charge is -2.22. The standard InChI is InChI=1S/C24H22ClF4N5O2.C24H22ClF4N5O.C23H20ClF4N5O/c1-5-36-19-14(12(3)22-33-20(25)18-21(30)31-8-9-34(18)22)10-11(2)17(26)16(19)13-6-7-15(24(27,28)29)32-23(13)35-4;1-4-9-35-20-15(13(3)23-33-21(25)19-22(30)31-7-8-34(19)23)10-12(2)18(26)17(20)14-5-6-16(32-11-14)24(27,28)29;1-4-34-19-14(12(3)22-32-20(24)18-21(29)30-7-8-33(18)22)9-11(2)17(25)16(19)13-5-6-15(31-10-13)23(26,27)28/h6-10,12H,5H2,1-4H3,(H2,30,31);5-8,10-11,13H,4,9H2,1-3H3,(H2,30,31);5-10,12H,4H2,1-3H3,(H2,29,30). The maximum Gasteiger partial charge on any atom is 0.433 e. The number of fused-ring (bicyclic) bond motifs is 3. The monoisotopic (exact) mass is 1520 g/mol. The molecule has 0 saturated heterocycles. The van der Waals surface area contributed by atoms with E-state index in [2.05, 4.69) is 44.9 Å². The SMILES string of the molecule is CCCOc1c(C(C)c2nc(Cl)c3c(N)nccn23)cc(C)c(F)c1-c1ccc(C(F)(F)F)nc1.CCOc1c(C(C)c2nc(Cl)c3c(N)nccn23)cc(C)c(F)c1-c1ccc(C(F)(F)F)nc1.CCOc1c(C(C)c2nc(Cl)c3c(N)nccn23)cc(C)c(F)c1-c1ccc(C(F)(F)F)nc1OC. The molecule has 19 nitrogen and oxygen atoms in total. The number of imidazole rings is 3. The van der Waals surface area contributed by atoms with Gasteiger partial charge in [0.15, 0.2) is 32.9 Å². The van der Waals surface area contributed by atoms with Crippen molar-refractivity contribution in [2.24, 2.45) is 0 Å². The zero-order valence-electron chi connectivity index (χ0n) is 57.3. The van der Waals surface area contributed by atoms with Gasteiger partial charge in [-0.2, -0.15) is 39.5 Å². The van der Waals surface area contributed by atoms with Crippen molar-refractivity contribution >= 4 is 68.8 Å². The van der Waals surface area contributed by atoms with E-state index in [4.69, 9.17) is 71.0 Å². The third kappa shape index (κ3) is 15.3. The maximum atomic E-state index is 15.6. The van der Waals surface area contributed by atoms with Gasteiger partial charge in [-0.3, -0.25) is 23.2 Å². The van der Waals surface area contributed by atoms with E-state index in [9.17, 15) is 39.5 Å². The largest absolute Gasteiger partial charge is 0.493 e. The van der Waals surface area contributed by atoms with Crippen LogP contribution in [-0.2, 0) is 18.5 Å². The molecule has 0 spiro atoms. The predicted octanol–water partition coefficient (Wildman–Crippen LogP) is 18.5. The molecule has 552 valence electrons. The molecule has 0 aliphatic heterocycles. The van der Waals surface area contributed by atoms with Crippen LogP contribution in [0.15, 0.2) is 104 Å². The molecule has 0 saturated carbocycles. The zero-order valence-corrected chi connectivity index (χ0v) is 59.5. The Labute approximate surface area is 606 Å². The topological polar surface area (TPSA) is 244 Å². The van der Waals surface area contributed by atoms with Gasteiger partial charge in [-0.15, -0.1) is 0 Å². The lowest BCUT2D eigenvalue weighted by Crippen LogP contribution is -2.11. The molecule has 0 radical (unpaired) electrons. The summed E-state index contributed by atoms with van der Waals surface area (Å²) in [5.74, 6) is -1.05. The molecule has 12 aromatic rings. The number of pyridine rings is 3. The van der Waals surface area contributed by atoms with Gasteiger partial charge in [-0.25, -0.2) is 48.1 Å². The van der Waals surface area contributed by atoms with Gasteiger partial charge in [-0.05, 0) is 100 Å². The van der Waals surface area contributed by atoms with Crippen LogP contribution < -0.4 is 36.1 Å². The lowest BCUT2D eigenvalue weighted by molar-refractivity contribution is -0.142. The first-order chi connectivity index (χ1) is 49.6. The highest BCUT2D eigenvalue weighted by atomic mass is 35.5. The fourth-order valence-corrected chi connectivity index (χ4v) is 12.7. The van der Waals surface area contributed by atoms with Gasteiger partial charge in [0.05, 0.1) is 49.2 Å². The molecule has 34 heteroatoms. The van der Waals surface area contributed by atoms with E-state index in [0.717, 1.165) is 36.7 Å². The first-order valence-corrected chi connectivity index (χ1v) is 33.1. The van der Waals surface area contributed by atoms with E-state index < -0.39 is 70.8 Å². The summed E-state index contributed by atoms with van der Waals surface area (Å²) in [6.45, 7) is 16.2. The van der Waals surface area contributed by atoms with Crippen molar-refractivity contribution in [3.8, 4) is 56.5 Å². The molecule has 0 aliphatic carbocycles. The Kier molecular flexibility index (Phi) is 22.6. The highest BCUT2D eigenvalue weighted by Gasteiger charge is 2.38. The van der Waals surface area contributed by atoms with Crippen LogP contribution >= 0.6 is 34.8 Å². The van der Waals surface area contributed by atoms with Crippen LogP contribution in [0, 0.1) is 38.2 Å². The Hall–Kier alpha value is -10.4. The van der Waals surface area contributed by atoms with Gasteiger partial charge >= 0.3 is 18.5 Å². The summed E-state index contributed by atoms with van der Waals surface area (Å²) in [4.78, 5) is 36.0. The Morgan fingerprint density at radius 3 is 1.10 bits per heavy atom. The zero-order chi connectivity index (χ0) is 76.6. The summed E-state index contributed by atoms with van der Waals surface area (Å²) in [6.07, 6.45) is -1.79. The van der Waals surface area contributed by atoms with Crippen molar-refractivity contribution in [2.75, 3.05) is 44.1 Å². The van der Waals surface area contributed by atoms with Crippen LogP contribution in [0.5, 0.6) is 23.1 Å². The molecule has 0 fully saturated rings. The molecule has 3 unspecified atom stereocenters. The number of hydrogen-bond acceptors (Lipinski definition) is 16. The van der Waals surface area contributed by atoms with E-state index in [-0.39, 0.29) is 120 Å². The minimum absolute atomic E-state index is 0.0167. The quantitative estimate of drug-likeness (QED) is 0.0718. The van der Waals surface area contributed by atoms with E-state index in [1.807, 2.05) is 27.7 Å². The van der Waals surface area contributed by atoms with E-state index in [1.165, 1.54) is 37.8 Å².